The van der Waals surface area contributed by atoms with Gasteiger partial charge in [0.15, 0.2) is 0 Å². The topological polar surface area (TPSA) is 3.24 Å². The Hall–Kier alpha value is -1.24. The van der Waals surface area contributed by atoms with Crippen LogP contribution in [0.5, 0.6) is 0 Å². The molecule has 2 rings (SSSR count). The van der Waals surface area contributed by atoms with Gasteiger partial charge in [0.05, 0.1) is 0 Å². The van der Waals surface area contributed by atoms with Crippen molar-refractivity contribution in [1.82, 2.24) is 0 Å². The van der Waals surface area contributed by atoms with Crippen LogP contribution in [0.25, 0.3) is 0 Å². The van der Waals surface area contributed by atoms with E-state index in [1.54, 1.807) is 0 Å². The fourth-order valence-electron chi connectivity index (χ4n) is 2.05. The molecule has 1 aliphatic rings. The minimum absolute atomic E-state index is 1.04. The van der Waals surface area contributed by atoms with Gasteiger partial charge in [0.1, 0.15) is 0 Å². The quantitative estimate of drug-likeness (QED) is 0.686. The molecule has 1 heterocycles. The van der Waals surface area contributed by atoms with Gasteiger partial charge in [0.2, 0.25) is 0 Å². The van der Waals surface area contributed by atoms with Gasteiger partial charge in [-0.15, -0.1) is 0 Å². The van der Waals surface area contributed by atoms with Gasteiger partial charge in [-0.25, -0.2) is 0 Å². The van der Waals surface area contributed by atoms with Crippen molar-refractivity contribution in [1.29, 1.82) is 0 Å². The second kappa shape index (κ2) is 3.87. The van der Waals surface area contributed by atoms with E-state index >= 15 is 0 Å². The molecule has 0 fully saturated rings. The highest BCUT2D eigenvalue weighted by Crippen LogP contribution is 2.29. The van der Waals surface area contributed by atoms with E-state index in [0.29, 0.717) is 0 Å². The van der Waals surface area contributed by atoms with Crippen molar-refractivity contribution >= 4 is 5.69 Å². The Labute approximate surface area is 86.1 Å². The highest BCUT2D eigenvalue weighted by atomic mass is 15.1. The molecule has 1 heteroatoms. The molecule has 0 aromatic heterocycles. The third kappa shape index (κ3) is 1.54. The lowest BCUT2D eigenvalue weighted by Crippen LogP contribution is -2.27. The van der Waals surface area contributed by atoms with E-state index in [9.17, 15) is 0 Å². The molecule has 14 heavy (non-hydrogen) atoms. The fourth-order valence-corrected chi connectivity index (χ4v) is 2.05. The number of fused-ring (bicyclic) bond motifs is 1. The molecule has 0 bridgehead atoms. The predicted molar refractivity (Wildman–Crippen MR) is 61.5 cm³/mol. The first kappa shape index (κ1) is 9.32. The van der Waals surface area contributed by atoms with Crippen molar-refractivity contribution in [2.75, 3.05) is 11.4 Å². The van der Waals surface area contributed by atoms with E-state index in [-0.39, 0.29) is 0 Å². The monoisotopic (exact) mass is 187 g/mol. The first-order valence-electron chi connectivity index (χ1n) is 5.36. The van der Waals surface area contributed by atoms with Gasteiger partial charge in [-0.3, -0.25) is 0 Å². The summed E-state index contributed by atoms with van der Waals surface area (Å²) in [6.45, 7) is 7.42. The molecule has 74 valence electrons. The first-order chi connectivity index (χ1) is 6.83. The number of hydrogen-bond donors (Lipinski definition) is 0. The van der Waals surface area contributed by atoms with Crippen LogP contribution in [0, 0.1) is 0 Å². The molecule has 1 aromatic rings. The van der Waals surface area contributed by atoms with E-state index in [0.717, 1.165) is 13.0 Å². The summed E-state index contributed by atoms with van der Waals surface area (Å²) in [6.07, 6.45) is 3.49. The summed E-state index contributed by atoms with van der Waals surface area (Å²) in [5.74, 6) is 0. The number of allylic oxidation sites excluding steroid dienone is 1. The lowest BCUT2D eigenvalue weighted by atomic mass is 10.0. The van der Waals surface area contributed by atoms with Gasteiger partial charge >= 0.3 is 0 Å². The van der Waals surface area contributed by atoms with Crippen molar-refractivity contribution < 1.29 is 0 Å². The van der Waals surface area contributed by atoms with Crippen LogP contribution in [0.1, 0.15) is 25.3 Å². The summed E-state index contributed by atoms with van der Waals surface area (Å²) < 4.78 is 0. The average molecular weight is 187 g/mol. The first-order valence-corrected chi connectivity index (χ1v) is 5.36. The maximum atomic E-state index is 4.12. The summed E-state index contributed by atoms with van der Waals surface area (Å²) >= 11 is 0. The zero-order valence-electron chi connectivity index (χ0n) is 8.79. The zero-order valence-corrected chi connectivity index (χ0v) is 8.79. The van der Waals surface area contributed by atoms with E-state index < -0.39 is 0 Å². The smallest absolute Gasteiger partial charge is 0.0440 e. The maximum Gasteiger partial charge on any atom is 0.0440 e. The van der Waals surface area contributed by atoms with Crippen LogP contribution in [0.4, 0.5) is 5.69 Å². The molecular formula is C13H17N. The SMILES string of the molecule is C=C(CC)N1CCCc2ccccc21. The molecule has 0 atom stereocenters. The molecule has 0 radical (unpaired) electrons. The molecule has 0 N–H and O–H groups in total. The highest BCUT2D eigenvalue weighted by molar-refractivity contribution is 5.59. The molecule has 0 saturated carbocycles. The van der Waals surface area contributed by atoms with Crippen molar-refractivity contribution in [2.24, 2.45) is 0 Å². The summed E-state index contributed by atoms with van der Waals surface area (Å²) in [5, 5.41) is 0. The van der Waals surface area contributed by atoms with Gasteiger partial charge in [-0.05, 0) is 30.9 Å². The summed E-state index contributed by atoms with van der Waals surface area (Å²) in [4.78, 5) is 2.36. The number of anilines is 1. The molecule has 1 nitrogen and oxygen atoms in total. The van der Waals surface area contributed by atoms with Gasteiger partial charge in [0.25, 0.3) is 0 Å². The molecule has 0 aliphatic carbocycles. The van der Waals surface area contributed by atoms with E-state index in [4.69, 9.17) is 0 Å². The van der Waals surface area contributed by atoms with Gasteiger partial charge in [0, 0.05) is 17.9 Å². The minimum atomic E-state index is 1.04. The van der Waals surface area contributed by atoms with Crippen LogP contribution >= 0.6 is 0 Å². The van der Waals surface area contributed by atoms with E-state index in [1.165, 1.54) is 29.8 Å². The number of benzene rings is 1. The van der Waals surface area contributed by atoms with Crippen molar-refractivity contribution in [3.05, 3.63) is 42.1 Å². The number of hydrogen-bond acceptors (Lipinski definition) is 1. The minimum Gasteiger partial charge on any atom is -0.345 e. The molecule has 0 spiro atoms. The Morgan fingerprint density at radius 1 is 1.43 bits per heavy atom. The van der Waals surface area contributed by atoms with Crippen LogP contribution in [-0.4, -0.2) is 6.54 Å². The van der Waals surface area contributed by atoms with Crippen LogP contribution in [-0.2, 0) is 6.42 Å². The normalized spacial score (nSPS) is 15.1. The third-order valence-electron chi connectivity index (χ3n) is 2.90. The van der Waals surface area contributed by atoms with Crippen molar-refractivity contribution in [2.45, 2.75) is 26.2 Å². The van der Waals surface area contributed by atoms with Gasteiger partial charge < -0.3 is 4.90 Å². The molecule has 0 amide bonds. The molecular weight excluding hydrogens is 170 g/mol. The van der Waals surface area contributed by atoms with Gasteiger partial charge in [-0.1, -0.05) is 31.7 Å². The summed E-state index contributed by atoms with van der Waals surface area (Å²) in [7, 11) is 0. The molecule has 0 saturated heterocycles. The van der Waals surface area contributed by atoms with Gasteiger partial charge in [-0.2, -0.15) is 0 Å². The molecule has 1 aromatic carbocycles. The maximum absolute atomic E-state index is 4.12. The second-order valence-electron chi connectivity index (χ2n) is 3.80. The number of nitrogens with zero attached hydrogens (tertiary/aromatic N) is 1. The largest absolute Gasteiger partial charge is 0.345 e. The highest BCUT2D eigenvalue weighted by Gasteiger charge is 2.16. The van der Waals surface area contributed by atoms with E-state index in [2.05, 4.69) is 42.7 Å². The summed E-state index contributed by atoms with van der Waals surface area (Å²) in [5.41, 5.74) is 4.07. The van der Waals surface area contributed by atoms with E-state index in [1.807, 2.05) is 0 Å². The zero-order chi connectivity index (χ0) is 9.97. The molecule has 1 aliphatic heterocycles. The third-order valence-corrected chi connectivity index (χ3v) is 2.90. The fraction of sp³-hybridized carbons (Fsp3) is 0.385. The predicted octanol–water partition coefficient (Wildman–Crippen LogP) is 3.36. The second-order valence-corrected chi connectivity index (χ2v) is 3.80. The number of rotatable bonds is 2. The Kier molecular flexibility index (Phi) is 2.58. The Bertz CT molecular complexity index is 341. The average Bonchev–Trinajstić information content (AvgIpc) is 2.27. The van der Waals surface area contributed by atoms with Crippen LogP contribution in [0.3, 0.4) is 0 Å². The number of para-hydroxylation sites is 1. The van der Waals surface area contributed by atoms with Crippen molar-refractivity contribution in [3.63, 3.8) is 0 Å². The van der Waals surface area contributed by atoms with Crippen LogP contribution in [0.2, 0.25) is 0 Å². The van der Waals surface area contributed by atoms with Crippen LogP contribution in [0.15, 0.2) is 36.5 Å². The standard InChI is InChI=1S/C13H17N/c1-3-11(2)14-10-6-8-12-7-4-5-9-13(12)14/h4-5,7,9H,2-3,6,8,10H2,1H3. The Morgan fingerprint density at radius 2 is 2.21 bits per heavy atom. The Balaban J connectivity index is 2.35. The lowest BCUT2D eigenvalue weighted by molar-refractivity contribution is 0.731. The van der Waals surface area contributed by atoms with Crippen LogP contribution < -0.4 is 4.90 Å². The summed E-state index contributed by atoms with van der Waals surface area (Å²) in [6, 6.07) is 8.66. The lowest BCUT2D eigenvalue weighted by Gasteiger charge is -2.32. The number of aryl methyl sites for hydroxylation is 1. The molecule has 0 unspecified atom stereocenters. The Morgan fingerprint density at radius 3 is 3.00 bits per heavy atom. The van der Waals surface area contributed by atoms with Crippen molar-refractivity contribution in [3.8, 4) is 0 Å².